The number of fused-ring (bicyclic) bond motifs is 3. The molecule has 2 aliphatic heterocycles. The minimum atomic E-state index is -4.97. The fourth-order valence-corrected chi connectivity index (χ4v) is 6.41. The first kappa shape index (κ1) is 25.6. The van der Waals surface area contributed by atoms with Crippen molar-refractivity contribution in [3.63, 3.8) is 0 Å². The average Bonchev–Trinajstić information content (AvgIpc) is 3.50. The van der Waals surface area contributed by atoms with Crippen LogP contribution in [-0.4, -0.2) is 102 Å². The minimum absolute atomic E-state index is 0.0607. The third-order valence-electron chi connectivity index (χ3n) is 7.29. The summed E-state index contributed by atoms with van der Waals surface area (Å²) in [5.41, 5.74) is 4.49. The van der Waals surface area contributed by atoms with Gasteiger partial charge in [0, 0.05) is 6.42 Å². The van der Waals surface area contributed by atoms with E-state index in [0.29, 0.717) is 0 Å². The van der Waals surface area contributed by atoms with E-state index in [9.17, 15) is 29.6 Å². The number of hydrogen-bond donors (Lipinski definition) is 6. The van der Waals surface area contributed by atoms with Gasteiger partial charge in [0.05, 0.1) is 25.6 Å². The largest absolute Gasteiger partial charge is 0.473 e. The molecule has 0 bridgehead atoms. The molecular formula is C20H22N9O10P. The number of anilines is 1. The predicted molar refractivity (Wildman–Crippen MR) is 128 cm³/mol. The van der Waals surface area contributed by atoms with Crippen LogP contribution in [-0.2, 0) is 23.1 Å². The van der Waals surface area contributed by atoms with E-state index in [-0.39, 0.29) is 34.6 Å². The Morgan fingerprint density at radius 1 is 1.12 bits per heavy atom. The number of rotatable bonds is 7. The van der Waals surface area contributed by atoms with Gasteiger partial charge >= 0.3 is 7.82 Å². The summed E-state index contributed by atoms with van der Waals surface area (Å²) in [6, 6.07) is 0. The number of nitrogens with one attached hydrogen (secondary N) is 1. The van der Waals surface area contributed by atoms with Gasteiger partial charge in [0.1, 0.15) is 54.2 Å². The van der Waals surface area contributed by atoms with Crippen LogP contribution in [0.1, 0.15) is 18.9 Å². The van der Waals surface area contributed by atoms with Crippen molar-refractivity contribution in [2.24, 2.45) is 0 Å². The first-order valence-electron chi connectivity index (χ1n) is 12.0. The van der Waals surface area contributed by atoms with Crippen molar-refractivity contribution in [2.45, 2.75) is 55.0 Å². The second-order valence-electron chi connectivity index (χ2n) is 9.65. The maximum atomic E-state index is 13.1. The highest BCUT2D eigenvalue weighted by atomic mass is 31.2. The average molecular weight is 579 g/mol. The lowest BCUT2D eigenvalue weighted by Gasteiger charge is -2.25. The zero-order chi connectivity index (χ0) is 28.0. The molecule has 0 spiro atoms. The Balaban J connectivity index is 1.08. The second kappa shape index (κ2) is 8.80. The third kappa shape index (κ3) is 3.79. The van der Waals surface area contributed by atoms with E-state index in [2.05, 4.69) is 29.9 Å². The fourth-order valence-electron chi connectivity index (χ4n) is 5.25. The summed E-state index contributed by atoms with van der Waals surface area (Å²) in [6.45, 7) is -0.624. The topological polar surface area (TPSA) is 268 Å². The normalized spacial score (nSPS) is 34.9. The first-order valence-corrected chi connectivity index (χ1v) is 13.5. The number of ether oxygens (including phenoxy) is 2. The van der Waals surface area contributed by atoms with Crippen LogP contribution in [0.3, 0.4) is 0 Å². The lowest BCUT2D eigenvalue weighted by atomic mass is 10.1. The molecule has 3 aliphatic rings. The van der Waals surface area contributed by atoms with E-state index >= 15 is 0 Å². The van der Waals surface area contributed by atoms with Crippen molar-refractivity contribution in [1.82, 2.24) is 39.0 Å². The number of aromatic amines is 1. The number of nitrogen functional groups attached to an aromatic ring is 1. The number of nitrogens with two attached hydrogens (primary N) is 1. The molecule has 0 aromatic carbocycles. The highest BCUT2D eigenvalue weighted by molar-refractivity contribution is 7.47. The van der Waals surface area contributed by atoms with Gasteiger partial charge in [0.2, 0.25) is 0 Å². The summed E-state index contributed by atoms with van der Waals surface area (Å²) >= 11 is 0. The van der Waals surface area contributed by atoms with Gasteiger partial charge in [0.25, 0.3) is 5.56 Å². The Hall–Kier alpha value is -3.39. The van der Waals surface area contributed by atoms with Crippen molar-refractivity contribution in [2.75, 3.05) is 12.3 Å². The Morgan fingerprint density at radius 3 is 2.62 bits per heavy atom. The number of aliphatic hydroxyl groups is 3. The van der Waals surface area contributed by atoms with Crippen LogP contribution in [0.25, 0.3) is 22.3 Å². The molecule has 0 amide bonds. The van der Waals surface area contributed by atoms with Crippen molar-refractivity contribution in [3.05, 3.63) is 35.7 Å². The number of nitrogens with zero attached hydrogens (tertiary/aromatic N) is 7. The van der Waals surface area contributed by atoms with Crippen LogP contribution in [0, 0.1) is 0 Å². The molecule has 2 unspecified atom stereocenters. The zero-order valence-corrected chi connectivity index (χ0v) is 21.1. The SMILES string of the molecule is Nc1ncnc2c1ncn2[C@@H]1O[C@H](CO)[C@@H](O)[C@H]1OP(=O)(O)OC1[C@H]2O[C@@H](n3cnc4c(=O)[nH]cnc43)C[C@@]12O. The molecule has 2 saturated heterocycles. The fraction of sp³-hybridized carbons (Fsp3) is 0.500. The van der Waals surface area contributed by atoms with E-state index in [4.69, 9.17) is 24.3 Å². The van der Waals surface area contributed by atoms with Crippen LogP contribution < -0.4 is 11.3 Å². The molecule has 1 aliphatic carbocycles. The highest BCUT2D eigenvalue weighted by Gasteiger charge is 2.74. The Bertz CT molecular complexity index is 1730. The van der Waals surface area contributed by atoms with Crippen molar-refractivity contribution in [1.29, 1.82) is 0 Å². The maximum absolute atomic E-state index is 13.1. The Morgan fingerprint density at radius 2 is 1.88 bits per heavy atom. The lowest BCUT2D eigenvalue weighted by molar-refractivity contribution is -0.0545. The van der Waals surface area contributed by atoms with Crippen LogP contribution in [0.5, 0.6) is 0 Å². The summed E-state index contributed by atoms with van der Waals surface area (Å²) in [5, 5.41) is 31.4. The van der Waals surface area contributed by atoms with Gasteiger partial charge in [-0.15, -0.1) is 0 Å². The molecule has 7 N–H and O–H groups in total. The van der Waals surface area contributed by atoms with Crippen molar-refractivity contribution in [3.8, 4) is 0 Å². The number of aliphatic hydroxyl groups excluding tert-OH is 2. The number of phosphoric acid groups is 1. The lowest BCUT2D eigenvalue weighted by Crippen LogP contribution is -2.35. The van der Waals surface area contributed by atoms with E-state index in [1.165, 1.54) is 34.4 Å². The third-order valence-corrected chi connectivity index (χ3v) is 8.29. The molecule has 4 aromatic heterocycles. The Kier molecular flexibility index (Phi) is 5.63. The van der Waals surface area contributed by atoms with Gasteiger partial charge in [-0.25, -0.2) is 29.5 Å². The second-order valence-corrected chi connectivity index (χ2v) is 11.0. The molecule has 9 atom stereocenters. The molecule has 212 valence electrons. The van der Waals surface area contributed by atoms with Crippen LogP contribution >= 0.6 is 7.82 Å². The molecule has 4 aromatic rings. The van der Waals surface area contributed by atoms with Crippen LogP contribution in [0.15, 0.2) is 30.1 Å². The molecule has 6 heterocycles. The van der Waals surface area contributed by atoms with Crippen LogP contribution in [0.2, 0.25) is 0 Å². The van der Waals surface area contributed by atoms with E-state index in [1.807, 2.05) is 0 Å². The highest BCUT2D eigenvalue weighted by Crippen LogP contribution is 2.62. The summed E-state index contributed by atoms with van der Waals surface area (Å²) in [7, 11) is -4.97. The standard InChI is InChI=1S/C20H22N9O10P/c21-15-9-16(23-3-22-15)29(6-26-9)19-12(11(31)7(2-30)36-19)38-40(34,35)39-14-13-20(14,33)1-8(37-13)28-5-27-10-17(28)24-4-25-18(10)32/h3-8,11-14,19,30-31,33H,1-2H2,(H,34,35)(H2,21,22,23)(H,24,25,32)/t7-,8-,11-,12-,13-,14?,19-,20+/m1/s1. The van der Waals surface area contributed by atoms with Gasteiger partial charge in [0.15, 0.2) is 28.9 Å². The summed E-state index contributed by atoms with van der Waals surface area (Å²) in [4.78, 5) is 45.1. The molecule has 3 fully saturated rings. The van der Waals surface area contributed by atoms with Gasteiger partial charge in [-0.2, -0.15) is 0 Å². The minimum Gasteiger partial charge on any atom is -0.394 e. The summed E-state index contributed by atoms with van der Waals surface area (Å²) in [6.07, 6.45) is -3.56. The zero-order valence-electron chi connectivity index (χ0n) is 20.2. The smallest absolute Gasteiger partial charge is 0.394 e. The first-order chi connectivity index (χ1) is 19.1. The van der Waals surface area contributed by atoms with Gasteiger partial charge in [-0.05, 0) is 0 Å². The molecule has 7 rings (SSSR count). The molecule has 1 saturated carbocycles. The predicted octanol–water partition coefficient (Wildman–Crippen LogP) is -2.30. The number of phosphoric ester groups is 1. The number of H-pyrrole nitrogens is 1. The maximum Gasteiger partial charge on any atom is 0.473 e. The number of aromatic nitrogens is 8. The van der Waals surface area contributed by atoms with E-state index < -0.39 is 68.6 Å². The van der Waals surface area contributed by atoms with Gasteiger partial charge in [-0.3, -0.25) is 23.0 Å². The van der Waals surface area contributed by atoms with Gasteiger partial charge < -0.3 is 40.4 Å². The summed E-state index contributed by atoms with van der Waals surface area (Å²) in [5.74, 6) is 0.0766. The molecule has 19 nitrogen and oxygen atoms in total. The van der Waals surface area contributed by atoms with E-state index in [1.54, 1.807) is 0 Å². The quantitative estimate of drug-likeness (QED) is 0.126. The summed E-state index contributed by atoms with van der Waals surface area (Å²) < 4.78 is 38.0. The van der Waals surface area contributed by atoms with Gasteiger partial charge in [-0.1, -0.05) is 0 Å². The Labute approximate surface area is 221 Å². The number of hydrogen-bond acceptors (Lipinski definition) is 15. The molecule has 40 heavy (non-hydrogen) atoms. The van der Waals surface area contributed by atoms with Crippen LogP contribution in [0.4, 0.5) is 5.82 Å². The molecule has 20 heteroatoms. The van der Waals surface area contributed by atoms with Crippen molar-refractivity contribution < 1.29 is 43.3 Å². The van der Waals surface area contributed by atoms with Crippen molar-refractivity contribution >= 4 is 36.0 Å². The molecule has 0 radical (unpaired) electrons. The number of imidazole rings is 2. The van der Waals surface area contributed by atoms with E-state index in [0.717, 1.165) is 0 Å². The molecular weight excluding hydrogens is 557 g/mol. The monoisotopic (exact) mass is 579 g/mol.